The number of nitrogens with one attached hydrogen (secondary N) is 2. The third-order valence-corrected chi connectivity index (χ3v) is 4.01. The highest BCUT2D eigenvalue weighted by Gasteiger charge is 2.13. The Bertz CT molecular complexity index is 781. The second-order valence-corrected chi connectivity index (χ2v) is 6.55. The molecule has 132 valence electrons. The van der Waals surface area contributed by atoms with Crippen LogP contribution in [0, 0.1) is 6.92 Å². The zero-order valence-corrected chi connectivity index (χ0v) is 15.5. The summed E-state index contributed by atoms with van der Waals surface area (Å²) in [5, 5.41) is 6.53. The molecule has 2 amide bonds. The van der Waals surface area contributed by atoms with Crippen LogP contribution in [-0.2, 0) is 9.59 Å². The van der Waals surface area contributed by atoms with Gasteiger partial charge in [0.15, 0.2) is 0 Å². The van der Waals surface area contributed by atoms with Crippen LogP contribution >= 0.6 is 23.2 Å². The van der Waals surface area contributed by atoms with Crippen molar-refractivity contribution in [1.29, 1.82) is 0 Å². The van der Waals surface area contributed by atoms with Gasteiger partial charge in [-0.3, -0.25) is 14.5 Å². The number of anilines is 2. The first kappa shape index (κ1) is 19.2. The Hall–Kier alpha value is -2.08. The second kappa shape index (κ2) is 8.85. The number of aryl methyl sites for hydroxylation is 1. The van der Waals surface area contributed by atoms with Crippen LogP contribution in [0.2, 0.25) is 10.0 Å². The average molecular weight is 380 g/mol. The minimum absolute atomic E-state index is 0.0627. The Morgan fingerprint density at radius 3 is 2.20 bits per heavy atom. The van der Waals surface area contributed by atoms with Crippen molar-refractivity contribution in [2.75, 3.05) is 30.8 Å². The quantitative estimate of drug-likeness (QED) is 0.801. The van der Waals surface area contributed by atoms with E-state index in [9.17, 15) is 9.59 Å². The Morgan fingerprint density at radius 1 is 0.960 bits per heavy atom. The predicted octanol–water partition coefficient (Wildman–Crippen LogP) is 3.81. The van der Waals surface area contributed by atoms with Gasteiger partial charge in [-0.05, 0) is 43.8 Å². The minimum Gasteiger partial charge on any atom is -0.325 e. The standard InChI is InChI=1S/C18H19Cl2N3O2/c1-12-7-8-13(19)9-16(12)22-18(25)11-23(2)10-17(24)21-15-6-4-3-5-14(15)20/h3-9H,10-11H2,1-2H3,(H,21,24)(H,22,25). The van der Waals surface area contributed by atoms with E-state index in [1.54, 1.807) is 48.3 Å². The summed E-state index contributed by atoms with van der Waals surface area (Å²) in [6, 6.07) is 12.3. The summed E-state index contributed by atoms with van der Waals surface area (Å²) < 4.78 is 0. The van der Waals surface area contributed by atoms with Gasteiger partial charge in [0.2, 0.25) is 11.8 Å². The van der Waals surface area contributed by atoms with Crippen LogP contribution in [0.1, 0.15) is 5.56 Å². The molecule has 2 aromatic rings. The largest absolute Gasteiger partial charge is 0.325 e. The normalized spacial score (nSPS) is 10.6. The molecule has 0 radical (unpaired) electrons. The van der Waals surface area contributed by atoms with Gasteiger partial charge in [-0.2, -0.15) is 0 Å². The Labute approximate surface area is 156 Å². The van der Waals surface area contributed by atoms with Crippen molar-refractivity contribution in [3.63, 3.8) is 0 Å². The van der Waals surface area contributed by atoms with Crippen LogP contribution in [0.25, 0.3) is 0 Å². The van der Waals surface area contributed by atoms with Gasteiger partial charge < -0.3 is 10.6 Å². The van der Waals surface area contributed by atoms with Gasteiger partial charge in [-0.15, -0.1) is 0 Å². The third-order valence-electron chi connectivity index (χ3n) is 3.45. The fourth-order valence-corrected chi connectivity index (χ4v) is 2.57. The molecule has 2 N–H and O–H groups in total. The molecule has 0 spiro atoms. The lowest BCUT2D eigenvalue weighted by atomic mass is 10.2. The van der Waals surface area contributed by atoms with Gasteiger partial charge >= 0.3 is 0 Å². The number of para-hydroxylation sites is 1. The molecule has 0 bridgehead atoms. The Kier molecular flexibility index (Phi) is 6.82. The number of amides is 2. The number of hydrogen-bond acceptors (Lipinski definition) is 3. The minimum atomic E-state index is -0.248. The maximum absolute atomic E-state index is 12.1. The van der Waals surface area contributed by atoms with E-state index in [2.05, 4.69) is 10.6 Å². The first-order valence-corrected chi connectivity index (χ1v) is 8.39. The van der Waals surface area contributed by atoms with Crippen molar-refractivity contribution in [2.24, 2.45) is 0 Å². The fourth-order valence-electron chi connectivity index (χ4n) is 2.22. The van der Waals surface area contributed by atoms with E-state index in [1.165, 1.54) is 0 Å². The molecular formula is C18H19Cl2N3O2. The van der Waals surface area contributed by atoms with E-state index in [1.807, 2.05) is 13.0 Å². The van der Waals surface area contributed by atoms with E-state index in [4.69, 9.17) is 23.2 Å². The smallest absolute Gasteiger partial charge is 0.238 e. The fraction of sp³-hybridized carbons (Fsp3) is 0.222. The summed E-state index contributed by atoms with van der Waals surface area (Å²) in [4.78, 5) is 25.8. The first-order valence-electron chi connectivity index (χ1n) is 7.64. The maximum atomic E-state index is 12.1. The molecule has 0 aliphatic heterocycles. The van der Waals surface area contributed by atoms with Crippen molar-refractivity contribution >= 4 is 46.4 Å². The Balaban J connectivity index is 1.85. The lowest BCUT2D eigenvalue weighted by Crippen LogP contribution is -2.36. The monoisotopic (exact) mass is 379 g/mol. The van der Waals surface area contributed by atoms with Crippen LogP contribution in [0.15, 0.2) is 42.5 Å². The van der Waals surface area contributed by atoms with Crippen molar-refractivity contribution in [1.82, 2.24) is 4.90 Å². The number of hydrogen-bond donors (Lipinski definition) is 2. The van der Waals surface area contributed by atoms with Crippen molar-refractivity contribution in [2.45, 2.75) is 6.92 Å². The highest BCUT2D eigenvalue weighted by atomic mass is 35.5. The zero-order chi connectivity index (χ0) is 18.4. The SMILES string of the molecule is Cc1ccc(Cl)cc1NC(=O)CN(C)CC(=O)Nc1ccccc1Cl. The molecule has 0 aliphatic carbocycles. The summed E-state index contributed by atoms with van der Waals surface area (Å²) in [7, 11) is 1.69. The molecule has 0 aliphatic rings. The van der Waals surface area contributed by atoms with Gasteiger partial charge in [0.1, 0.15) is 0 Å². The highest BCUT2D eigenvalue weighted by Crippen LogP contribution is 2.21. The number of carbonyl (C=O) groups is 2. The molecule has 0 heterocycles. The van der Waals surface area contributed by atoms with Crippen molar-refractivity contribution in [3.8, 4) is 0 Å². The van der Waals surface area contributed by atoms with E-state index in [0.717, 1.165) is 5.56 Å². The molecule has 7 heteroatoms. The topological polar surface area (TPSA) is 61.4 Å². The molecule has 2 aromatic carbocycles. The first-order chi connectivity index (χ1) is 11.8. The van der Waals surface area contributed by atoms with Gasteiger partial charge in [0.05, 0.1) is 23.8 Å². The summed E-state index contributed by atoms with van der Waals surface area (Å²) >= 11 is 11.9. The second-order valence-electron chi connectivity index (χ2n) is 5.71. The summed E-state index contributed by atoms with van der Waals surface area (Å²) in [6.07, 6.45) is 0. The van der Waals surface area contributed by atoms with E-state index in [-0.39, 0.29) is 24.9 Å². The lowest BCUT2D eigenvalue weighted by molar-refractivity contribution is -0.119. The third kappa shape index (κ3) is 6.05. The summed E-state index contributed by atoms with van der Waals surface area (Å²) in [6.45, 7) is 2.02. The molecule has 0 unspecified atom stereocenters. The molecule has 0 fully saturated rings. The van der Waals surface area contributed by atoms with Crippen LogP contribution in [0.4, 0.5) is 11.4 Å². The van der Waals surface area contributed by atoms with Gasteiger partial charge in [0.25, 0.3) is 0 Å². The molecule has 0 aromatic heterocycles. The van der Waals surface area contributed by atoms with Crippen molar-refractivity contribution in [3.05, 3.63) is 58.1 Å². The molecule has 0 saturated heterocycles. The number of likely N-dealkylation sites (N-methyl/N-ethyl adjacent to an activating group) is 1. The number of halogens is 2. The number of rotatable bonds is 6. The lowest BCUT2D eigenvalue weighted by Gasteiger charge is -2.17. The molecular weight excluding hydrogens is 361 g/mol. The number of carbonyl (C=O) groups excluding carboxylic acids is 2. The maximum Gasteiger partial charge on any atom is 0.238 e. The van der Waals surface area contributed by atoms with Crippen molar-refractivity contribution < 1.29 is 9.59 Å². The Morgan fingerprint density at radius 2 is 1.56 bits per heavy atom. The highest BCUT2D eigenvalue weighted by molar-refractivity contribution is 6.33. The molecule has 25 heavy (non-hydrogen) atoms. The number of nitrogens with zero attached hydrogens (tertiary/aromatic N) is 1. The van der Waals surface area contributed by atoms with E-state index in [0.29, 0.717) is 21.4 Å². The van der Waals surface area contributed by atoms with Crippen LogP contribution in [0.3, 0.4) is 0 Å². The van der Waals surface area contributed by atoms with E-state index < -0.39 is 0 Å². The molecule has 0 saturated carbocycles. The predicted molar refractivity (Wildman–Crippen MR) is 102 cm³/mol. The van der Waals surface area contributed by atoms with Crippen LogP contribution in [0.5, 0.6) is 0 Å². The van der Waals surface area contributed by atoms with Gasteiger partial charge in [-0.1, -0.05) is 41.4 Å². The summed E-state index contributed by atoms with van der Waals surface area (Å²) in [5.41, 5.74) is 2.12. The molecule has 2 rings (SSSR count). The number of benzene rings is 2. The van der Waals surface area contributed by atoms with Gasteiger partial charge in [0, 0.05) is 10.7 Å². The van der Waals surface area contributed by atoms with Crippen LogP contribution in [-0.4, -0.2) is 36.9 Å². The average Bonchev–Trinajstić information content (AvgIpc) is 2.52. The summed E-state index contributed by atoms with van der Waals surface area (Å²) in [5.74, 6) is -0.472. The van der Waals surface area contributed by atoms with Gasteiger partial charge in [-0.25, -0.2) is 0 Å². The molecule has 5 nitrogen and oxygen atoms in total. The van der Waals surface area contributed by atoms with Crippen LogP contribution < -0.4 is 10.6 Å². The van der Waals surface area contributed by atoms with E-state index >= 15 is 0 Å². The molecule has 0 atom stereocenters. The zero-order valence-electron chi connectivity index (χ0n) is 14.0.